The van der Waals surface area contributed by atoms with E-state index in [-0.39, 0.29) is 6.61 Å². The van der Waals surface area contributed by atoms with Crippen LogP contribution in [0.1, 0.15) is 32.1 Å². The third kappa shape index (κ3) is 3.57. The topological polar surface area (TPSA) is 61.3 Å². The number of aromatic nitrogens is 2. The molecule has 1 saturated carbocycles. The third-order valence-corrected chi connectivity index (χ3v) is 3.44. The Bertz CT molecular complexity index is 366. The summed E-state index contributed by atoms with van der Waals surface area (Å²) < 4.78 is 0. The molecular formula is C13H22N4O. The van der Waals surface area contributed by atoms with E-state index in [1.807, 2.05) is 18.0 Å². The van der Waals surface area contributed by atoms with Gasteiger partial charge >= 0.3 is 0 Å². The smallest absolute Gasteiger partial charge is 0.133 e. The Balaban J connectivity index is 1.97. The van der Waals surface area contributed by atoms with Crippen LogP contribution in [0, 0.1) is 0 Å². The minimum Gasteiger partial charge on any atom is -0.395 e. The molecule has 0 radical (unpaired) electrons. The van der Waals surface area contributed by atoms with E-state index in [9.17, 15) is 0 Å². The highest BCUT2D eigenvalue weighted by Gasteiger charge is 2.14. The van der Waals surface area contributed by atoms with Crippen LogP contribution >= 0.6 is 0 Å². The van der Waals surface area contributed by atoms with Crippen LogP contribution in [0.15, 0.2) is 12.4 Å². The molecule has 0 atom stereocenters. The van der Waals surface area contributed by atoms with Gasteiger partial charge in [-0.1, -0.05) is 19.3 Å². The lowest BCUT2D eigenvalue weighted by atomic mass is 9.95. The first-order valence-electron chi connectivity index (χ1n) is 6.70. The van der Waals surface area contributed by atoms with Crippen LogP contribution in [0.25, 0.3) is 0 Å². The fraction of sp³-hybridized carbons (Fsp3) is 0.692. The number of likely N-dealkylation sites (N-methyl/N-ethyl adjacent to an activating group) is 1. The molecule has 100 valence electrons. The Morgan fingerprint density at radius 2 is 2.11 bits per heavy atom. The Labute approximate surface area is 108 Å². The monoisotopic (exact) mass is 250 g/mol. The lowest BCUT2D eigenvalue weighted by Crippen LogP contribution is -2.24. The Kier molecular flexibility index (Phi) is 4.75. The van der Waals surface area contributed by atoms with Crippen molar-refractivity contribution in [3.63, 3.8) is 0 Å². The predicted octanol–water partition coefficient (Wildman–Crippen LogP) is 1.65. The van der Waals surface area contributed by atoms with Gasteiger partial charge in [0.2, 0.25) is 0 Å². The van der Waals surface area contributed by atoms with Crippen LogP contribution in [0.5, 0.6) is 0 Å². The fourth-order valence-corrected chi connectivity index (χ4v) is 2.36. The predicted molar refractivity (Wildman–Crippen MR) is 72.9 cm³/mol. The fourth-order valence-electron chi connectivity index (χ4n) is 2.36. The number of anilines is 2. The molecule has 0 amide bonds. The highest BCUT2D eigenvalue weighted by atomic mass is 16.3. The summed E-state index contributed by atoms with van der Waals surface area (Å²) in [6.45, 7) is 0.714. The minimum absolute atomic E-state index is 0.131. The first kappa shape index (κ1) is 13.1. The number of aliphatic hydroxyl groups excluding tert-OH is 1. The van der Waals surface area contributed by atoms with E-state index in [0.29, 0.717) is 12.6 Å². The van der Waals surface area contributed by atoms with E-state index >= 15 is 0 Å². The summed E-state index contributed by atoms with van der Waals surface area (Å²) in [5.41, 5.74) is 0. The summed E-state index contributed by atoms with van der Waals surface area (Å²) in [6.07, 6.45) is 8.00. The molecule has 0 saturated heterocycles. The molecule has 5 heteroatoms. The molecular weight excluding hydrogens is 228 g/mol. The zero-order valence-corrected chi connectivity index (χ0v) is 11.0. The second-order valence-corrected chi connectivity index (χ2v) is 4.89. The highest BCUT2D eigenvalue weighted by molar-refractivity contribution is 5.48. The number of aliphatic hydroxyl groups is 1. The average Bonchev–Trinajstić information content (AvgIpc) is 2.40. The SMILES string of the molecule is CN(CCO)c1cc(NC2CCCCC2)ncn1. The van der Waals surface area contributed by atoms with E-state index in [2.05, 4.69) is 15.3 Å². The highest BCUT2D eigenvalue weighted by Crippen LogP contribution is 2.21. The summed E-state index contributed by atoms with van der Waals surface area (Å²) in [4.78, 5) is 10.4. The van der Waals surface area contributed by atoms with Gasteiger partial charge < -0.3 is 15.3 Å². The van der Waals surface area contributed by atoms with Crippen molar-refractivity contribution in [3.8, 4) is 0 Å². The summed E-state index contributed by atoms with van der Waals surface area (Å²) >= 11 is 0. The third-order valence-electron chi connectivity index (χ3n) is 3.44. The minimum atomic E-state index is 0.131. The van der Waals surface area contributed by atoms with Gasteiger partial charge in [-0.15, -0.1) is 0 Å². The molecule has 0 aliphatic heterocycles. The van der Waals surface area contributed by atoms with E-state index in [4.69, 9.17) is 5.11 Å². The van der Waals surface area contributed by atoms with Crippen LogP contribution in [0.2, 0.25) is 0 Å². The molecule has 2 rings (SSSR count). The molecule has 0 bridgehead atoms. The van der Waals surface area contributed by atoms with Crippen molar-refractivity contribution >= 4 is 11.6 Å². The van der Waals surface area contributed by atoms with Crippen molar-refractivity contribution in [2.45, 2.75) is 38.1 Å². The van der Waals surface area contributed by atoms with Gasteiger partial charge in [0.1, 0.15) is 18.0 Å². The van der Waals surface area contributed by atoms with Gasteiger partial charge in [0, 0.05) is 25.7 Å². The first-order valence-corrected chi connectivity index (χ1v) is 6.70. The van der Waals surface area contributed by atoms with Crippen LogP contribution < -0.4 is 10.2 Å². The Morgan fingerprint density at radius 1 is 1.33 bits per heavy atom. The van der Waals surface area contributed by atoms with Gasteiger partial charge in [-0.2, -0.15) is 0 Å². The molecule has 0 unspecified atom stereocenters. The molecule has 2 N–H and O–H groups in total. The normalized spacial score (nSPS) is 16.6. The van der Waals surface area contributed by atoms with Gasteiger partial charge in [0.15, 0.2) is 0 Å². The van der Waals surface area contributed by atoms with Crippen molar-refractivity contribution in [2.24, 2.45) is 0 Å². The van der Waals surface area contributed by atoms with E-state index in [0.717, 1.165) is 11.6 Å². The number of nitrogens with one attached hydrogen (secondary N) is 1. The zero-order valence-electron chi connectivity index (χ0n) is 11.0. The molecule has 1 aliphatic carbocycles. The van der Waals surface area contributed by atoms with Gasteiger partial charge in [-0.25, -0.2) is 9.97 Å². The molecule has 18 heavy (non-hydrogen) atoms. The number of hydrogen-bond acceptors (Lipinski definition) is 5. The maximum atomic E-state index is 8.93. The first-order chi connectivity index (χ1) is 8.79. The average molecular weight is 250 g/mol. The van der Waals surface area contributed by atoms with Gasteiger partial charge in [0.05, 0.1) is 6.61 Å². The Morgan fingerprint density at radius 3 is 2.83 bits per heavy atom. The molecule has 5 nitrogen and oxygen atoms in total. The second kappa shape index (κ2) is 6.54. The summed E-state index contributed by atoms with van der Waals surface area (Å²) in [6, 6.07) is 2.49. The lowest BCUT2D eigenvalue weighted by Gasteiger charge is -2.24. The molecule has 0 spiro atoms. The van der Waals surface area contributed by atoms with E-state index in [1.54, 1.807) is 6.33 Å². The summed E-state index contributed by atoms with van der Waals surface area (Å²) in [5.74, 6) is 1.73. The van der Waals surface area contributed by atoms with Crippen LogP contribution in [-0.2, 0) is 0 Å². The van der Waals surface area contributed by atoms with Gasteiger partial charge in [-0.3, -0.25) is 0 Å². The Hall–Kier alpha value is -1.36. The van der Waals surface area contributed by atoms with Gasteiger partial charge in [0.25, 0.3) is 0 Å². The number of nitrogens with zero attached hydrogens (tertiary/aromatic N) is 3. The van der Waals surface area contributed by atoms with Crippen LogP contribution in [-0.4, -0.2) is 41.3 Å². The number of hydrogen-bond donors (Lipinski definition) is 2. The van der Waals surface area contributed by atoms with Crippen molar-refractivity contribution in [3.05, 3.63) is 12.4 Å². The van der Waals surface area contributed by atoms with Crippen molar-refractivity contribution in [1.29, 1.82) is 0 Å². The lowest BCUT2D eigenvalue weighted by molar-refractivity contribution is 0.304. The quantitative estimate of drug-likeness (QED) is 0.832. The van der Waals surface area contributed by atoms with Crippen molar-refractivity contribution < 1.29 is 5.11 Å². The molecule has 0 aromatic carbocycles. The van der Waals surface area contributed by atoms with Gasteiger partial charge in [-0.05, 0) is 12.8 Å². The largest absolute Gasteiger partial charge is 0.395 e. The molecule has 1 aromatic rings. The molecule has 1 aromatic heterocycles. The van der Waals surface area contributed by atoms with E-state index < -0.39 is 0 Å². The molecule has 1 aliphatic rings. The number of rotatable bonds is 5. The molecule has 1 heterocycles. The summed E-state index contributed by atoms with van der Waals surface area (Å²) in [7, 11) is 1.92. The van der Waals surface area contributed by atoms with Crippen LogP contribution in [0.3, 0.4) is 0 Å². The van der Waals surface area contributed by atoms with E-state index in [1.165, 1.54) is 32.1 Å². The van der Waals surface area contributed by atoms with Crippen LogP contribution in [0.4, 0.5) is 11.6 Å². The molecule has 1 fully saturated rings. The van der Waals surface area contributed by atoms with Crippen molar-refractivity contribution in [2.75, 3.05) is 30.4 Å². The van der Waals surface area contributed by atoms with Crippen molar-refractivity contribution in [1.82, 2.24) is 9.97 Å². The summed E-state index contributed by atoms with van der Waals surface area (Å²) in [5, 5.41) is 12.4. The second-order valence-electron chi connectivity index (χ2n) is 4.89. The zero-order chi connectivity index (χ0) is 12.8. The maximum Gasteiger partial charge on any atom is 0.133 e. The maximum absolute atomic E-state index is 8.93. The standard InChI is InChI=1S/C13H22N4O/c1-17(7-8-18)13-9-12(14-10-15-13)16-11-5-3-2-4-6-11/h9-11,18H,2-8H2,1H3,(H,14,15,16).